The third-order valence-corrected chi connectivity index (χ3v) is 3.40. The summed E-state index contributed by atoms with van der Waals surface area (Å²) in [6, 6.07) is 6.86. The lowest BCUT2D eigenvalue weighted by Crippen LogP contribution is -2.47. The maximum absolute atomic E-state index is 13.5. The standard InChI is InChI=1S/C14H19FN2O2/c1-19-14(18)11-17-8-6-16(7-9-17)10-12-4-2-3-5-13(12)15/h2-5H,6-11H2,1H3. The minimum atomic E-state index is -0.206. The normalized spacial score (nSPS) is 17.4. The summed E-state index contributed by atoms with van der Waals surface area (Å²) in [5.41, 5.74) is 0.726. The van der Waals surface area contributed by atoms with Crippen LogP contribution in [0.5, 0.6) is 0 Å². The zero-order valence-electron chi connectivity index (χ0n) is 11.1. The van der Waals surface area contributed by atoms with E-state index in [1.54, 1.807) is 6.07 Å². The molecule has 0 aromatic heterocycles. The number of hydrogen-bond donors (Lipinski definition) is 0. The topological polar surface area (TPSA) is 32.8 Å². The molecule has 0 atom stereocenters. The van der Waals surface area contributed by atoms with Crippen molar-refractivity contribution in [3.8, 4) is 0 Å². The molecule has 1 heterocycles. The number of carbonyl (C=O) groups is 1. The molecule has 1 fully saturated rings. The van der Waals surface area contributed by atoms with Gasteiger partial charge in [0.2, 0.25) is 0 Å². The molecule has 5 heteroatoms. The van der Waals surface area contributed by atoms with Gasteiger partial charge in [-0.05, 0) is 6.07 Å². The Morgan fingerprint density at radius 2 is 1.84 bits per heavy atom. The van der Waals surface area contributed by atoms with Crippen LogP contribution in [0.15, 0.2) is 24.3 Å². The van der Waals surface area contributed by atoms with Crippen LogP contribution < -0.4 is 0 Å². The molecule has 0 bridgehead atoms. The number of rotatable bonds is 4. The van der Waals surface area contributed by atoms with Crippen LogP contribution in [0.3, 0.4) is 0 Å². The summed E-state index contributed by atoms with van der Waals surface area (Å²) in [4.78, 5) is 15.4. The molecule has 1 aliphatic heterocycles. The number of carbonyl (C=O) groups excluding carboxylic acids is 1. The first-order chi connectivity index (χ1) is 9.19. The van der Waals surface area contributed by atoms with E-state index in [9.17, 15) is 9.18 Å². The largest absolute Gasteiger partial charge is 0.468 e. The predicted octanol–water partition coefficient (Wildman–Crippen LogP) is 1.12. The van der Waals surface area contributed by atoms with Gasteiger partial charge in [-0.2, -0.15) is 0 Å². The number of halogens is 1. The fraction of sp³-hybridized carbons (Fsp3) is 0.500. The summed E-state index contributed by atoms with van der Waals surface area (Å²) in [6.45, 7) is 4.26. The molecule has 1 saturated heterocycles. The summed E-state index contributed by atoms with van der Waals surface area (Å²) < 4.78 is 18.2. The van der Waals surface area contributed by atoms with Gasteiger partial charge in [0.25, 0.3) is 0 Å². The maximum Gasteiger partial charge on any atom is 0.319 e. The molecule has 1 aromatic rings. The highest BCUT2D eigenvalue weighted by Crippen LogP contribution is 2.11. The lowest BCUT2D eigenvalue weighted by atomic mass is 10.2. The second kappa shape index (κ2) is 6.63. The van der Waals surface area contributed by atoms with E-state index in [0.29, 0.717) is 13.1 Å². The van der Waals surface area contributed by atoms with E-state index >= 15 is 0 Å². The van der Waals surface area contributed by atoms with Crippen molar-refractivity contribution in [1.29, 1.82) is 0 Å². The van der Waals surface area contributed by atoms with Crippen LogP contribution in [-0.4, -0.2) is 55.6 Å². The average molecular weight is 266 g/mol. The van der Waals surface area contributed by atoms with Crippen LogP contribution >= 0.6 is 0 Å². The molecular formula is C14H19FN2O2. The number of piperazine rings is 1. The van der Waals surface area contributed by atoms with Crippen LogP contribution in [0.4, 0.5) is 4.39 Å². The van der Waals surface area contributed by atoms with E-state index in [1.165, 1.54) is 13.2 Å². The Labute approximate surface area is 112 Å². The van der Waals surface area contributed by atoms with Crippen molar-refractivity contribution in [2.75, 3.05) is 39.8 Å². The van der Waals surface area contributed by atoms with Crippen molar-refractivity contribution in [3.05, 3.63) is 35.6 Å². The van der Waals surface area contributed by atoms with E-state index in [2.05, 4.69) is 14.5 Å². The molecule has 4 nitrogen and oxygen atoms in total. The van der Waals surface area contributed by atoms with E-state index in [0.717, 1.165) is 31.7 Å². The van der Waals surface area contributed by atoms with Crippen LogP contribution in [-0.2, 0) is 16.1 Å². The summed E-state index contributed by atoms with van der Waals surface area (Å²) in [5, 5.41) is 0. The van der Waals surface area contributed by atoms with Crippen LogP contribution in [0, 0.1) is 5.82 Å². The molecule has 0 amide bonds. The molecule has 0 spiro atoms. The third-order valence-electron chi connectivity index (χ3n) is 3.40. The highest BCUT2D eigenvalue weighted by atomic mass is 19.1. The molecule has 0 aliphatic carbocycles. The molecular weight excluding hydrogens is 247 g/mol. The minimum Gasteiger partial charge on any atom is -0.468 e. The van der Waals surface area contributed by atoms with Crippen molar-refractivity contribution in [3.63, 3.8) is 0 Å². The molecule has 0 radical (unpaired) electrons. The minimum absolute atomic E-state index is 0.153. The van der Waals surface area contributed by atoms with Gasteiger partial charge >= 0.3 is 5.97 Å². The Morgan fingerprint density at radius 3 is 2.47 bits per heavy atom. The van der Waals surface area contributed by atoms with E-state index in [-0.39, 0.29) is 11.8 Å². The van der Waals surface area contributed by atoms with Gasteiger partial charge in [-0.25, -0.2) is 4.39 Å². The van der Waals surface area contributed by atoms with Crippen LogP contribution in [0.2, 0.25) is 0 Å². The molecule has 1 aliphatic rings. The van der Waals surface area contributed by atoms with Gasteiger partial charge < -0.3 is 4.74 Å². The van der Waals surface area contributed by atoms with E-state index in [1.807, 2.05) is 12.1 Å². The first kappa shape index (κ1) is 14.0. The summed E-state index contributed by atoms with van der Waals surface area (Å²) in [7, 11) is 1.40. The Morgan fingerprint density at radius 1 is 1.21 bits per heavy atom. The first-order valence-electron chi connectivity index (χ1n) is 6.44. The lowest BCUT2D eigenvalue weighted by molar-refractivity contribution is -0.142. The zero-order valence-corrected chi connectivity index (χ0v) is 11.1. The van der Waals surface area contributed by atoms with Gasteiger partial charge in [-0.3, -0.25) is 14.6 Å². The summed E-state index contributed by atoms with van der Waals surface area (Å²) in [5.74, 6) is -0.359. The SMILES string of the molecule is COC(=O)CN1CCN(Cc2ccccc2F)CC1. The molecule has 104 valence electrons. The quantitative estimate of drug-likeness (QED) is 0.765. The Balaban J connectivity index is 1.81. The second-order valence-electron chi connectivity index (χ2n) is 4.72. The molecule has 0 N–H and O–H groups in total. The third kappa shape index (κ3) is 4.01. The van der Waals surface area contributed by atoms with Gasteiger partial charge in [-0.1, -0.05) is 18.2 Å². The molecule has 0 unspecified atom stereocenters. The number of benzene rings is 1. The number of nitrogens with zero attached hydrogens (tertiary/aromatic N) is 2. The average Bonchev–Trinajstić information content (AvgIpc) is 2.43. The Kier molecular flexibility index (Phi) is 4.87. The maximum atomic E-state index is 13.5. The van der Waals surface area contributed by atoms with Crippen molar-refractivity contribution >= 4 is 5.97 Å². The van der Waals surface area contributed by atoms with Gasteiger partial charge in [0.05, 0.1) is 13.7 Å². The van der Waals surface area contributed by atoms with Crippen molar-refractivity contribution in [2.24, 2.45) is 0 Å². The molecule has 2 rings (SSSR count). The van der Waals surface area contributed by atoms with E-state index in [4.69, 9.17) is 0 Å². The van der Waals surface area contributed by atoms with Crippen molar-refractivity contribution < 1.29 is 13.9 Å². The van der Waals surface area contributed by atoms with Crippen molar-refractivity contribution in [1.82, 2.24) is 9.80 Å². The molecule has 19 heavy (non-hydrogen) atoms. The lowest BCUT2D eigenvalue weighted by Gasteiger charge is -2.34. The fourth-order valence-corrected chi connectivity index (χ4v) is 2.22. The fourth-order valence-electron chi connectivity index (χ4n) is 2.22. The monoisotopic (exact) mass is 266 g/mol. The second-order valence-corrected chi connectivity index (χ2v) is 4.72. The van der Waals surface area contributed by atoms with Gasteiger partial charge in [0.15, 0.2) is 0 Å². The van der Waals surface area contributed by atoms with Crippen LogP contribution in [0.1, 0.15) is 5.56 Å². The van der Waals surface area contributed by atoms with Crippen LogP contribution in [0.25, 0.3) is 0 Å². The number of ether oxygens (including phenoxy) is 1. The predicted molar refractivity (Wildman–Crippen MR) is 70.1 cm³/mol. The molecule has 0 saturated carbocycles. The Hall–Kier alpha value is -1.46. The van der Waals surface area contributed by atoms with Gasteiger partial charge in [0, 0.05) is 38.3 Å². The van der Waals surface area contributed by atoms with E-state index < -0.39 is 0 Å². The summed E-state index contributed by atoms with van der Waals surface area (Å²) >= 11 is 0. The van der Waals surface area contributed by atoms with Gasteiger partial charge in [-0.15, -0.1) is 0 Å². The highest BCUT2D eigenvalue weighted by molar-refractivity contribution is 5.71. The highest BCUT2D eigenvalue weighted by Gasteiger charge is 2.19. The number of hydrogen-bond acceptors (Lipinski definition) is 4. The van der Waals surface area contributed by atoms with Gasteiger partial charge in [0.1, 0.15) is 5.82 Å². The number of esters is 1. The van der Waals surface area contributed by atoms with Crippen molar-refractivity contribution in [2.45, 2.75) is 6.54 Å². The smallest absolute Gasteiger partial charge is 0.319 e. The first-order valence-corrected chi connectivity index (χ1v) is 6.44. The molecule has 1 aromatic carbocycles. The Bertz CT molecular complexity index is 431. The summed E-state index contributed by atoms with van der Waals surface area (Å²) in [6.07, 6.45) is 0. The zero-order chi connectivity index (χ0) is 13.7. The number of methoxy groups -OCH3 is 1.